The van der Waals surface area contributed by atoms with Gasteiger partial charge in [0.2, 0.25) is 5.91 Å². The number of piperidine rings is 1. The van der Waals surface area contributed by atoms with Gasteiger partial charge in [-0.1, -0.05) is 11.6 Å². The Morgan fingerprint density at radius 3 is 2.67 bits per heavy atom. The minimum atomic E-state index is -4.48. The number of hydrogen-bond donors (Lipinski definition) is 1. The van der Waals surface area contributed by atoms with Gasteiger partial charge in [0.15, 0.2) is 0 Å². The Morgan fingerprint density at radius 2 is 2.07 bits per heavy atom. The van der Waals surface area contributed by atoms with Gasteiger partial charge < -0.3 is 19.7 Å². The second-order valence-electron chi connectivity index (χ2n) is 6.60. The van der Waals surface area contributed by atoms with Crippen LogP contribution in [0.4, 0.5) is 19.0 Å². The zero-order valence-corrected chi connectivity index (χ0v) is 15.4. The van der Waals surface area contributed by atoms with Gasteiger partial charge in [-0.3, -0.25) is 4.79 Å². The van der Waals surface area contributed by atoms with Crippen molar-refractivity contribution in [2.75, 3.05) is 44.4 Å². The van der Waals surface area contributed by atoms with Crippen LogP contribution in [0.5, 0.6) is 0 Å². The van der Waals surface area contributed by atoms with Crippen molar-refractivity contribution in [3.05, 3.63) is 22.8 Å². The predicted octanol–water partition coefficient (Wildman–Crippen LogP) is 2.50. The Morgan fingerprint density at radius 1 is 1.33 bits per heavy atom. The van der Waals surface area contributed by atoms with Crippen LogP contribution < -0.4 is 10.2 Å². The number of hydrogen-bond acceptors (Lipinski definition) is 5. The van der Waals surface area contributed by atoms with Crippen LogP contribution in [0.15, 0.2) is 12.3 Å². The number of ether oxygens (including phenoxy) is 2. The molecular weight excluding hydrogens is 387 g/mol. The van der Waals surface area contributed by atoms with Crippen molar-refractivity contribution in [3.8, 4) is 0 Å². The number of alkyl halides is 3. The van der Waals surface area contributed by atoms with E-state index in [4.69, 9.17) is 21.1 Å². The van der Waals surface area contributed by atoms with Crippen LogP contribution >= 0.6 is 11.6 Å². The van der Waals surface area contributed by atoms with Crippen LogP contribution in [0.3, 0.4) is 0 Å². The van der Waals surface area contributed by atoms with Crippen LogP contribution in [0.1, 0.15) is 18.4 Å². The third kappa shape index (κ3) is 5.24. The van der Waals surface area contributed by atoms with Crippen molar-refractivity contribution in [3.63, 3.8) is 0 Å². The number of nitrogens with one attached hydrogen (secondary N) is 1. The molecule has 10 heteroatoms. The van der Waals surface area contributed by atoms with Crippen molar-refractivity contribution in [1.82, 2.24) is 10.3 Å². The van der Waals surface area contributed by atoms with Crippen LogP contribution in [0, 0.1) is 5.92 Å². The van der Waals surface area contributed by atoms with Gasteiger partial charge in [0.25, 0.3) is 0 Å². The molecule has 2 fully saturated rings. The Kier molecular flexibility index (Phi) is 6.44. The van der Waals surface area contributed by atoms with Gasteiger partial charge >= 0.3 is 6.18 Å². The third-order valence-electron chi connectivity index (χ3n) is 4.70. The topological polar surface area (TPSA) is 63.7 Å². The van der Waals surface area contributed by atoms with Crippen LogP contribution in [0.2, 0.25) is 5.02 Å². The number of rotatable bonds is 4. The molecule has 3 heterocycles. The average Bonchev–Trinajstić information content (AvgIpc) is 2.66. The Balaban J connectivity index is 1.50. The molecule has 3 rings (SSSR count). The number of pyridine rings is 1. The zero-order valence-electron chi connectivity index (χ0n) is 14.6. The Labute approximate surface area is 160 Å². The first-order valence-electron chi connectivity index (χ1n) is 8.79. The second-order valence-corrected chi connectivity index (χ2v) is 7.01. The van der Waals surface area contributed by atoms with E-state index in [1.54, 1.807) is 0 Å². The predicted molar refractivity (Wildman–Crippen MR) is 92.8 cm³/mol. The molecular formula is C17H21ClF3N3O3. The summed E-state index contributed by atoms with van der Waals surface area (Å²) in [5, 5.41) is 2.84. The van der Waals surface area contributed by atoms with E-state index in [-0.39, 0.29) is 23.0 Å². The first-order valence-corrected chi connectivity index (χ1v) is 9.17. The zero-order chi connectivity index (χ0) is 19.4. The van der Waals surface area contributed by atoms with Crippen molar-refractivity contribution in [1.29, 1.82) is 0 Å². The molecule has 1 amide bonds. The molecule has 150 valence electrons. The van der Waals surface area contributed by atoms with Gasteiger partial charge in [-0.25, -0.2) is 4.98 Å². The highest BCUT2D eigenvalue weighted by molar-refractivity contribution is 6.33. The first kappa shape index (κ1) is 20.2. The summed E-state index contributed by atoms with van der Waals surface area (Å²) < 4.78 is 48.9. The second kappa shape index (κ2) is 8.62. The van der Waals surface area contributed by atoms with Crippen molar-refractivity contribution >= 4 is 23.3 Å². The molecule has 1 aromatic rings. The lowest BCUT2D eigenvalue weighted by Gasteiger charge is -2.33. The molecule has 0 aliphatic carbocycles. The maximum absolute atomic E-state index is 12.7. The third-order valence-corrected chi connectivity index (χ3v) is 4.98. The molecule has 2 saturated heterocycles. The van der Waals surface area contributed by atoms with Gasteiger partial charge in [-0.2, -0.15) is 13.2 Å². The Bertz CT molecular complexity index is 661. The fraction of sp³-hybridized carbons (Fsp3) is 0.647. The summed E-state index contributed by atoms with van der Waals surface area (Å²) in [6.45, 7) is 2.98. The molecule has 2 aliphatic heterocycles. The molecule has 1 aromatic heterocycles. The quantitative estimate of drug-likeness (QED) is 0.831. The normalized spacial score (nSPS) is 21.9. The van der Waals surface area contributed by atoms with Crippen molar-refractivity contribution in [2.45, 2.75) is 25.1 Å². The van der Waals surface area contributed by atoms with Crippen molar-refractivity contribution in [2.24, 2.45) is 5.92 Å². The molecule has 0 aromatic carbocycles. The van der Waals surface area contributed by atoms with E-state index in [0.29, 0.717) is 58.1 Å². The summed E-state index contributed by atoms with van der Waals surface area (Å²) in [4.78, 5) is 18.0. The van der Waals surface area contributed by atoms with E-state index in [0.717, 1.165) is 12.3 Å². The highest BCUT2D eigenvalue weighted by Crippen LogP contribution is 2.34. The maximum Gasteiger partial charge on any atom is 0.417 e. The first-order chi connectivity index (χ1) is 12.8. The Hall–Kier alpha value is -1.58. The van der Waals surface area contributed by atoms with E-state index < -0.39 is 11.7 Å². The average molecular weight is 408 g/mol. The summed E-state index contributed by atoms with van der Waals surface area (Å²) in [5.74, 6) is 0.116. The molecule has 0 spiro atoms. The maximum atomic E-state index is 12.7. The summed E-state index contributed by atoms with van der Waals surface area (Å²) in [7, 11) is 0. The van der Waals surface area contributed by atoms with Gasteiger partial charge in [0.1, 0.15) is 5.82 Å². The SMILES string of the molecule is O=C(NCC1COCCO1)C1CCN(c2ncc(C(F)(F)F)cc2Cl)CC1. The number of amides is 1. The van der Waals surface area contributed by atoms with E-state index in [9.17, 15) is 18.0 Å². The number of anilines is 1. The fourth-order valence-corrected chi connectivity index (χ4v) is 3.47. The standard InChI is InChI=1S/C17H21ClF3N3O3/c18-14-7-12(17(19,20)21)8-22-15(14)24-3-1-11(2-4-24)16(25)23-9-13-10-26-5-6-27-13/h7-8,11,13H,1-6,9-10H2,(H,23,25). The molecule has 27 heavy (non-hydrogen) atoms. The smallest absolute Gasteiger partial charge is 0.376 e. The largest absolute Gasteiger partial charge is 0.417 e. The number of halogens is 4. The minimum absolute atomic E-state index is 0.0397. The molecule has 6 nitrogen and oxygen atoms in total. The van der Waals surface area contributed by atoms with Crippen LogP contribution in [-0.2, 0) is 20.4 Å². The van der Waals surface area contributed by atoms with Crippen LogP contribution in [-0.4, -0.2) is 56.5 Å². The summed E-state index contributed by atoms with van der Waals surface area (Å²) in [5.41, 5.74) is -0.876. The van der Waals surface area contributed by atoms with E-state index in [1.165, 1.54) is 0 Å². The van der Waals surface area contributed by atoms with Gasteiger partial charge in [-0.15, -0.1) is 0 Å². The van der Waals surface area contributed by atoms with E-state index >= 15 is 0 Å². The highest BCUT2D eigenvalue weighted by Gasteiger charge is 2.33. The van der Waals surface area contributed by atoms with E-state index in [1.807, 2.05) is 4.90 Å². The molecule has 0 radical (unpaired) electrons. The van der Waals surface area contributed by atoms with Gasteiger partial charge in [0.05, 0.1) is 36.5 Å². The van der Waals surface area contributed by atoms with Gasteiger partial charge in [0, 0.05) is 31.7 Å². The van der Waals surface area contributed by atoms with Crippen LogP contribution in [0.25, 0.3) is 0 Å². The van der Waals surface area contributed by atoms with Gasteiger partial charge in [-0.05, 0) is 18.9 Å². The molecule has 1 unspecified atom stereocenters. The molecule has 0 saturated carbocycles. The molecule has 1 N–H and O–H groups in total. The summed E-state index contributed by atoms with van der Waals surface area (Å²) >= 11 is 5.99. The molecule has 1 atom stereocenters. The molecule has 0 bridgehead atoms. The van der Waals surface area contributed by atoms with Crippen molar-refractivity contribution < 1.29 is 27.4 Å². The van der Waals surface area contributed by atoms with E-state index in [2.05, 4.69) is 10.3 Å². The highest BCUT2D eigenvalue weighted by atomic mass is 35.5. The lowest BCUT2D eigenvalue weighted by Crippen LogP contribution is -2.45. The number of aromatic nitrogens is 1. The fourth-order valence-electron chi connectivity index (χ4n) is 3.19. The minimum Gasteiger partial charge on any atom is -0.376 e. The number of carbonyl (C=O) groups is 1. The summed E-state index contributed by atoms with van der Waals surface area (Å²) in [6.07, 6.45) is -2.67. The summed E-state index contributed by atoms with van der Waals surface area (Å²) in [6, 6.07) is 0.884. The number of nitrogens with zero attached hydrogens (tertiary/aromatic N) is 2. The number of carbonyl (C=O) groups excluding carboxylic acids is 1. The molecule has 2 aliphatic rings. The lowest BCUT2D eigenvalue weighted by molar-refractivity contribution is -0.137. The lowest BCUT2D eigenvalue weighted by atomic mass is 9.96. The monoisotopic (exact) mass is 407 g/mol.